The Balaban J connectivity index is 2.07. The lowest BCUT2D eigenvalue weighted by Crippen LogP contribution is -2.24. The van der Waals surface area contributed by atoms with Gasteiger partial charge in [0.05, 0.1) is 17.1 Å². The minimum atomic E-state index is -3.50. The van der Waals surface area contributed by atoms with Crippen LogP contribution in [0.25, 0.3) is 0 Å². The Morgan fingerprint density at radius 1 is 1.42 bits per heavy atom. The van der Waals surface area contributed by atoms with Crippen molar-refractivity contribution in [2.75, 3.05) is 7.05 Å². The third-order valence-electron chi connectivity index (χ3n) is 2.76. The molecule has 0 atom stereocenters. The van der Waals surface area contributed by atoms with Crippen molar-refractivity contribution < 1.29 is 8.42 Å². The van der Waals surface area contributed by atoms with Crippen molar-refractivity contribution in [3.63, 3.8) is 0 Å². The van der Waals surface area contributed by atoms with Crippen molar-refractivity contribution in [1.82, 2.24) is 24.8 Å². The van der Waals surface area contributed by atoms with Crippen LogP contribution in [0.2, 0.25) is 0 Å². The fourth-order valence-electron chi connectivity index (χ4n) is 1.69. The van der Waals surface area contributed by atoms with E-state index >= 15 is 0 Å². The monoisotopic (exact) mass is 283 g/mol. The first-order chi connectivity index (χ1) is 9.03. The van der Waals surface area contributed by atoms with Gasteiger partial charge in [-0.25, -0.2) is 13.1 Å². The van der Waals surface area contributed by atoms with Gasteiger partial charge < -0.3 is 10.3 Å². The SMILES string of the molecule is CNCc1cc(S(=O)(=O)NCc2ccnn2C)c[nH]1. The van der Waals surface area contributed by atoms with E-state index in [2.05, 4.69) is 20.1 Å². The number of hydrogen-bond acceptors (Lipinski definition) is 4. The standard InChI is InChI=1S/C11H17N5O2S/c1-12-6-9-5-11(8-13-9)19(17,18)15-7-10-3-4-14-16(10)2/h3-5,8,12-13,15H,6-7H2,1-2H3. The topological polar surface area (TPSA) is 91.8 Å². The predicted octanol–water partition coefficient (Wildman–Crippen LogP) is -0.0539. The normalized spacial score (nSPS) is 11.9. The van der Waals surface area contributed by atoms with Crippen molar-refractivity contribution in [1.29, 1.82) is 0 Å². The van der Waals surface area contributed by atoms with Gasteiger partial charge in [-0.15, -0.1) is 0 Å². The lowest BCUT2D eigenvalue weighted by Gasteiger charge is -2.05. The Kier molecular flexibility index (Phi) is 4.03. The summed E-state index contributed by atoms with van der Waals surface area (Å²) in [5.74, 6) is 0. The summed E-state index contributed by atoms with van der Waals surface area (Å²) in [7, 11) is 0.0693. The maximum absolute atomic E-state index is 12.1. The summed E-state index contributed by atoms with van der Waals surface area (Å²) in [6, 6.07) is 3.38. The van der Waals surface area contributed by atoms with E-state index in [4.69, 9.17) is 0 Å². The summed E-state index contributed by atoms with van der Waals surface area (Å²) in [6.45, 7) is 0.808. The summed E-state index contributed by atoms with van der Waals surface area (Å²) in [4.78, 5) is 3.15. The molecule has 2 aromatic rings. The van der Waals surface area contributed by atoms with E-state index in [1.807, 2.05) is 0 Å². The minimum Gasteiger partial charge on any atom is -0.363 e. The smallest absolute Gasteiger partial charge is 0.242 e. The summed E-state index contributed by atoms with van der Waals surface area (Å²) in [5.41, 5.74) is 1.62. The van der Waals surface area contributed by atoms with Crippen LogP contribution in [0.4, 0.5) is 0 Å². The molecule has 0 aliphatic heterocycles. The molecule has 0 aliphatic rings. The zero-order valence-corrected chi connectivity index (χ0v) is 11.7. The molecular formula is C11H17N5O2S. The molecule has 0 aromatic carbocycles. The van der Waals surface area contributed by atoms with Gasteiger partial charge in [0.1, 0.15) is 0 Å². The van der Waals surface area contributed by atoms with Crippen LogP contribution in [0.3, 0.4) is 0 Å². The van der Waals surface area contributed by atoms with Gasteiger partial charge in [-0.2, -0.15) is 5.10 Å². The molecule has 0 radical (unpaired) electrons. The third kappa shape index (κ3) is 3.22. The number of nitrogens with one attached hydrogen (secondary N) is 3. The molecule has 2 rings (SSSR count). The largest absolute Gasteiger partial charge is 0.363 e. The highest BCUT2D eigenvalue weighted by Gasteiger charge is 2.16. The molecule has 2 aromatic heterocycles. The van der Waals surface area contributed by atoms with Crippen molar-refractivity contribution in [3.8, 4) is 0 Å². The molecule has 8 heteroatoms. The van der Waals surface area contributed by atoms with Crippen molar-refractivity contribution >= 4 is 10.0 Å². The highest BCUT2D eigenvalue weighted by Crippen LogP contribution is 2.11. The Morgan fingerprint density at radius 2 is 2.21 bits per heavy atom. The van der Waals surface area contributed by atoms with Crippen LogP contribution in [-0.2, 0) is 30.2 Å². The molecule has 2 heterocycles. The summed E-state index contributed by atoms with van der Waals surface area (Å²) in [5, 5.41) is 6.94. The lowest BCUT2D eigenvalue weighted by atomic mass is 10.4. The molecule has 0 spiro atoms. The molecule has 19 heavy (non-hydrogen) atoms. The quantitative estimate of drug-likeness (QED) is 0.693. The average molecular weight is 283 g/mol. The van der Waals surface area contributed by atoms with Crippen LogP contribution in [0.5, 0.6) is 0 Å². The second kappa shape index (κ2) is 5.55. The number of H-pyrrole nitrogens is 1. The first-order valence-electron chi connectivity index (χ1n) is 5.81. The van der Waals surface area contributed by atoms with Gasteiger partial charge in [-0.3, -0.25) is 4.68 Å². The first kappa shape index (κ1) is 13.8. The average Bonchev–Trinajstić information content (AvgIpc) is 2.97. The number of aromatic nitrogens is 3. The highest BCUT2D eigenvalue weighted by molar-refractivity contribution is 7.89. The Labute approximate surface area is 112 Å². The Bertz CT molecular complexity index is 644. The van der Waals surface area contributed by atoms with E-state index in [0.29, 0.717) is 6.54 Å². The molecule has 0 amide bonds. The molecule has 0 saturated carbocycles. The lowest BCUT2D eigenvalue weighted by molar-refractivity contribution is 0.577. The van der Waals surface area contributed by atoms with Crippen LogP contribution in [0, 0.1) is 0 Å². The second-order valence-electron chi connectivity index (χ2n) is 4.16. The predicted molar refractivity (Wildman–Crippen MR) is 70.8 cm³/mol. The van der Waals surface area contributed by atoms with Gasteiger partial charge in [0, 0.05) is 31.7 Å². The van der Waals surface area contributed by atoms with Gasteiger partial charge in [-0.05, 0) is 19.2 Å². The zero-order chi connectivity index (χ0) is 13.9. The van der Waals surface area contributed by atoms with E-state index in [1.54, 1.807) is 37.1 Å². The van der Waals surface area contributed by atoms with Gasteiger partial charge in [0.2, 0.25) is 10.0 Å². The molecule has 0 unspecified atom stereocenters. The minimum absolute atomic E-state index is 0.214. The molecular weight excluding hydrogens is 266 g/mol. The fraction of sp³-hybridized carbons (Fsp3) is 0.364. The van der Waals surface area contributed by atoms with E-state index in [1.165, 1.54) is 6.20 Å². The summed E-state index contributed by atoms with van der Waals surface area (Å²) >= 11 is 0. The molecule has 0 aliphatic carbocycles. The summed E-state index contributed by atoms with van der Waals surface area (Å²) < 4.78 is 28.3. The molecule has 0 saturated heterocycles. The van der Waals surface area contributed by atoms with Gasteiger partial charge in [0.25, 0.3) is 0 Å². The zero-order valence-electron chi connectivity index (χ0n) is 10.8. The van der Waals surface area contributed by atoms with Crippen molar-refractivity contribution in [2.24, 2.45) is 7.05 Å². The van der Waals surface area contributed by atoms with E-state index < -0.39 is 10.0 Å². The van der Waals surface area contributed by atoms with Crippen LogP contribution in [0.15, 0.2) is 29.4 Å². The fourth-order valence-corrected chi connectivity index (χ4v) is 2.71. The molecule has 3 N–H and O–H groups in total. The number of rotatable bonds is 6. The van der Waals surface area contributed by atoms with Crippen molar-refractivity contribution in [3.05, 3.63) is 35.9 Å². The Morgan fingerprint density at radius 3 is 2.84 bits per heavy atom. The van der Waals surface area contributed by atoms with Crippen LogP contribution in [-0.4, -0.2) is 30.2 Å². The van der Waals surface area contributed by atoms with E-state index in [9.17, 15) is 8.42 Å². The van der Waals surface area contributed by atoms with Gasteiger partial charge in [-0.1, -0.05) is 0 Å². The van der Waals surface area contributed by atoms with Crippen LogP contribution >= 0.6 is 0 Å². The summed E-state index contributed by atoms with van der Waals surface area (Å²) in [6.07, 6.45) is 3.11. The number of hydrogen-bond donors (Lipinski definition) is 3. The Hall–Kier alpha value is -1.64. The van der Waals surface area contributed by atoms with Crippen LogP contribution < -0.4 is 10.0 Å². The highest BCUT2D eigenvalue weighted by atomic mass is 32.2. The van der Waals surface area contributed by atoms with E-state index in [0.717, 1.165) is 11.4 Å². The van der Waals surface area contributed by atoms with Crippen molar-refractivity contribution in [2.45, 2.75) is 18.0 Å². The first-order valence-corrected chi connectivity index (χ1v) is 7.29. The molecule has 7 nitrogen and oxygen atoms in total. The molecule has 0 fully saturated rings. The van der Waals surface area contributed by atoms with Gasteiger partial charge in [0.15, 0.2) is 0 Å². The molecule has 0 bridgehead atoms. The number of aryl methyl sites for hydroxylation is 1. The number of nitrogens with zero attached hydrogens (tertiary/aromatic N) is 2. The second-order valence-corrected chi connectivity index (χ2v) is 5.93. The van der Waals surface area contributed by atoms with Gasteiger partial charge >= 0.3 is 0 Å². The maximum atomic E-state index is 12.1. The van der Waals surface area contributed by atoms with Crippen LogP contribution in [0.1, 0.15) is 11.4 Å². The third-order valence-corrected chi connectivity index (χ3v) is 4.14. The number of sulfonamides is 1. The van der Waals surface area contributed by atoms with E-state index in [-0.39, 0.29) is 11.4 Å². The molecule has 104 valence electrons. The maximum Gasteiger partial charge on any atom is 0.242 e. The number of aromatic amines is 1.